The molecule has 0 unspecified atom stereocenters. The SMILES string of the molecule is CC(C)(C)C(=O)N1CCc2nc(-c3cccc(C(F)(F)F)c3)sc2C1. The fraction of sp³-hybridized carbons (Fsp3) is 0.444. The van der Waals surface area contributed by atoms with Gasteiger partial charge in [-0.1, -0.05) is 32.9 Å². The number of carbonyl (C=O) groups is 1. The first-order valence-corrected chi connectivity index (χ1v) is 8.83. The Balaban J connectivity index is 1.87. The highest BCUT2D eigenvalue weighted by Gasteiger charge is 2.32. The van der Waals surface area contributed by atoms with Gasteiger partial charge in [-0.05, 0) is 12.1 Å². The van der Waals surface area contributed by atoms with Crippen LogP contribution in [0.3, 0.4) is 0 Å². The molecule has 1 aliphatic rings. The zero-order valence-electron chi connectivity index (χ0n) is 14.3. The van der Waals surface area contributed by atoms with E-state index in [1.54, 1.807) is 11.0 Å². The summed E-state index contributed by atoms with van der Waals surface area (Å²) in [4.78, 5) is 19.7. The molecular formula is C18H19F3N2OS. The van der Waals surface area contributed by atoms with E-state index in [1.807, 2.05) is 20.8 Å². The van der Waals surface area contributed by atoms with Crippen LogP contribution in [-0.4, -0.2) is 22.3 Å². The molecule has 1 aliphatic heterocycles. The Labute approximate surface area is 148 Å². The average Bonchev–Trinajstić information content (AvgIpc) is 2.95. The zero-order valence-corrected chi connectivity index (χ0v) is 15.1. The summed E-state index contributed by atoms with van der Waals surface area (Å²) in [5, 5.41) is 0.571. The van der Waals surface area contributed by atoms with Gasteiger partial charge in [-0.3, -0.25) is 4.79 Å². The molecule has 0 saturated carbocycles. The van der Waals surface area contributed by atoms with Crippen molar-refractivity contribution in [2.24, 2.45) is 5.41 Å². The van der Waals surface area contributed by atoms with Crippen LogP contribution in [0.4, 0.5) is 13.2 Å². The lowest BCUT2D eigenvalue weighted by Gasteiger charge is -2.31. The third-order valence-corrected chi connectivity index (χ3v) is 5.23. The van der Waals surface area contributed by atoms with E-state index in [0.717, 1.165) is 22.7 Å². The number of hydrogen-bond donors (Lipinski definition) is 0. The van der Waals surface area contributed by atoms with Crippen molar-refractivity contribution >= 4 is 17.2 Å². The summed E-state index contributed by atoms with van der Waals surface area (Å²) >= 11 is 1.37. The number of aromatic nitrogens is 1. The van der Waals surface area contributed by atoms with E-state index >= 15 is 0 Å². The number of benzene rings is 1. The van der Waals surface area contributed by atoms with Crippen molar-refractivity contribution in [3.8, 4) is 10.6 Å². The summed E-state index contributed by atoms with van der Waals surface area (Å²) in [6, 6.07) is 5.22. The van der Waals surface area contributed by atoms with Crippen LogP contribution >= 0.6 is 11.3 Å². The molecule has 0 fully saturated rings. The third kappa shape index (κ3) is 3.71. The molecule has 1 aromatic heterocycles. The van der Waals surface area contributed by atoms with Gasteiger partial charge in [-0.2, -0.15) is 13.2 Å². The van der Waals surface area contributed by atoms with Crippen LogP contribution in [0.15, 0.2) is 24.3 Å². The first-order valence-electron chi connectivity index (χ1n) is 8.01. The standard InChI is InChI=1S/C18H19F3N2OS/c1-17(2,3)16(24)23-8-7-13-14(10-23)25-15(22-13)11-5-4-6-12(9-11)18(19,20)21/h4-6,9H,7-8,10H2,1-3H3. The number of thiazole rings is 1. The molecule has 25 heavy (non-hydrogen) atoms. The van der Waals surface area contributed by atoms with Crippen LogP contribution in [0.2, 0.25) is 0 Å². The largest absolute Gasteiger partial charge is 0.416 e. The van der Waals surface area contributed by atoms with Crippen molar-refractivity contribution in [3.05, 3.63) is 40.4 Å². The number of nitrogens with zero attached hydrogens (tertiary/aromatic N) is 2. The van der Waals surface area contributed by atoms with E-state index in [-0.39, 0.29) is 5.91 Å². The van der Waals surface area contributed by atoms with E-state index < -0.39 is 17.2 Å². The van der Waals surface area contributed by atoms with Crippen LogP contribution in [0.1, 0.15) is 36.9 Å². The van der Waals surface area contributed by atoms with Crippen LogP contribution in [0.25, 0.3) is 10.6 Å². The van der Waals surface area contributed by atoms with E-state index in [9.17, 15) is 18.0 Å². The molecule has 1 aromatic carbocycles. The number of rotatable bonds is 1. The first-order chi connectivity index (χ1) is 11.6. The second-order valence-electron chi connectivity index (χ2n) is 7.19. The molecule has 2 aromatic rings. The second kappa shape index (κ2) is 6.12. The Kier molecular flexibility index (Phi) is 4.39. The predicted molar refractivity (Wildman–Crippen MR) is 91.1 cm³/mol. The van der Waals surface area contributed by atoms with Gasteiger partial charge in [0.2, 0.25) is 5.91 Å². The van der Waals surface area contributed by atoms with Gasteiger partial charge < -0.3 is 4.90 Å². The van der Waals surface area contributed by atoms with Crippen molar-refractivity contribution in [2.75, 3.05) is 6.54 Å². The van der Waals surface area contributed by atoms with Crippen LogP contribution in [0.5, 0.6) is 0 Å². The van der Waals surface area contributed by atoms with Gasteiger partial charge in [-0.15, -0.1) is 11.3 Å². The molecule has 0 saturated heterocycles. The molecule has 1 amide bonds. The Morgan fingerprint density at radius 1 is 1.24 bits per heavy atom. The molecule has 7 heteroatoms. The molecule has 0 bridgehead atoms. The molecule has 0 spiro atoms. The number of hydrogen-bond acceptors (Lipinski definition) is 3. The fourth-order valence-corrected chi connectivity index (χ4v) is 3.92. The van der Waals surface area contributed by atoms with Gasteiger partial charge in [0.25, 0.3) is 0 Å². The highest BCUT2D eigenvalue weighted by molar-refractivity contribution is 7.15. The van der Waals surface area contributed by atoms with E-state index in [0.29, 0.717) is 30.1 Å². The zero-order chi connectivity index (χ0) is 18.4. The quantitative estimate of drug-likeness (QED) is 0.727. The minimum atomic E-state index is -4.37. The lowest BCUT2D eigenvalue weighted by Crippen LogP contribution is -2.42. The minimum absolute atomic E-state index is 0.0761. The van der Waals surface area contributed by atoms with Crippen molar-refractivity contribution in [1.82, 2.24) is 9.88 Å². The highest BCUT2D eigenvalue weighted by Crippen LogP contribution is 2.36. The molecule has 0 atom stereocenters. The lowest BCUT2D eigenvalue weighted by molar-refractivity contribution is -0.140. The van der Waals surface area contributed by atoms with Crippen molar-refractivity contribution < 1.29 is 18.0 Å². The third-order valence-electron chi connectivity index (χ3n) is 4.10. The highest BCUT2D eigenvalue weighted by atomic mass is 32.1. The van der Waals surface area contributed by atoms with E-state index in [1.165, 1.54) is 17.4 Å². The molecule has 3 nitrogen and oxygen atoms in total. The van der Waals surface area contributed by atoms with Crippen molar-refractivity contribution in [2.45, 2.75) is 39.9 Å². The average molecular weight is 368 g/mol. The maximum Gasteiger partial charge on any atom is 0.416 e. The second-order valence-corrected chi connectivity index (χ2v) is 8.28. The molecular weight excluding hydrogens is 349 g/mol. The normalized spacial score (nSPS) is 15.2. The molecule has 0 aliphatic carbocycles. The Hall–Kier alpha value is -1.89. The molecule has 3 rings (SSSR count). The molecule has 0 N–H and O–H groups in total. The van der Waals surface area contributed by atoms with Gasteiger partial charge >= 0.3 is 6.18 Å². The van der Waals surface area contributed by atoms with Gasteiger partial charge in [0.05, 0.1) is 17.8 Å². The summed E-state index contributed by atoms with van der Waals surface area (Å²) in [5.41, 5.74) is 0.215. The fourth-order valence-electron chi connectivity index (χ4n) is 2.80. The summed E-state index contributed by atoms with van der Waals surface area (Å²) in [5.74, 6) is 0.0761. The van der Waals surface area contributed by atoms with Gasteiger partial charge in [0.1, 0.15) is 5.01 Å². The topological polar surface area (TPSA) is 33.2 Å². The van der Waals surface area contributed by atoms with E-state index in [2.05, 4.69) is 4.98 Å². The van der Waals surface area contributed by atoms with Gasteiger partial charge in [-0.25, -0.2) is 4.98 Å². The van der Waals surface area contributed by atoms with E-state index in [4.69, 9.17) is 0 Å². The first kappa shape index (κ1) is 17.9. The summed E-state index contributed by atoms with van der Waals surface area (Å²) in [6.45, 7) is 6.71. The number of fused-ring (bicyclic) bond motifs is 1. The minimum Gasteiger partial charge on any atom is -0.337 e. The molecule has 134 valence electrons. The van der Waals surface area contributed by atoms with Gasteiger partial charge in [0, 0.05) is 28.8 Å². The summed E-state index contributed by atoms with van der Waals surface area (Å²) in [6.07, 6.45) is -3.74. The number of halogens is 3. The van der Waals surface area contributed by atoms with Crippen molar-refractivity contribution in [3.63, 3.8) is 0 Å². The smallest absolute Gasteiger partial charge is 0.337 e. The Bertz CT molecular complexity index is 805. The number of carbonyl (C=O) groups excluding carboxylic acids is 1. The van der Waals surface area contributed by atoms with Gasteiger partial charge in [0.15, 0.2) is 0 Å². The maximum absolute atomic E-state index is 12.9. The van der Waals surface area contributed by atoms with Crippen molar-refractivity contribution in [1.29, 1.82) is 0 Å². The maximum atomic E-state index is 12.9. The van der Waals surface area contributed by atoms with Crippen LogP contribution in [-0.2, 0) is 23.9 Å². The monoisotopic (exact) mass is 368 g/mol. The summed E-state index contributed by atoms with van der Waals surface area (Å²) < 4.78 is 38.7. The lowest BCUT2D eigenvalue weighted by atomic mass is 9.94. The number of amides is 1. The summed E-state index contributed by atoms with van der Waals surface area (Å²) in [7, 11) is 0. The Morgan fingerprint density at radius 2 is 1.96 bits per heavy atom. The Morgan fingerprint density at radius 3 is 2.60 bits per heavy atom. The molecule has 2 heterocycles. The molecule has 0 radical (unpaired) electrons. The van der Waals surface area contributed by atoms with Crippen LogP contribution in [0, 0.1) is 5.41 Å². The number of alkyl halides is 3. The van der Waals surface area contributed by atoms with Crippen LogP contribution < -0.4 is 0 Å². The predicted octanol–water partition coefficient (Wildman–Crippen LogP) is 4.76.